The molecule has 0 aliphatic heterocycles. The second kappa shape index (κ2) is 13.9. The first kappa shape index (κ1) is 24.7. The summed E-state index contributed by atoms with van der Waals surface area (Å²) in [7, 11) is 0. The zero-order chi connectivity index (χ0) is 18.7. The molecule has 1 amide bonds. The summed E-state index contributed by atoms with van der Waals surface area (Å²) in [6.07, 6.45) is -0.550. The Bertz CT molecular complexity index is 581. The normalized spacial score (nSPS) is 10.9. The maximum atomic E-state index is 11.7. The minimum atomic E-state index is -0.915. The molecule has 1 atom stereocenters. The summed E-state index contributed by atoms with van der Waals surface area (Å²) in [6, 6.07) is 6.44. The van der Waals surface area contributed by atoms with E-state index < -0.39 is 24.3 Å². The molecule has 0 spiro atoms. The first-order valence-electron chi connectivity index (χ1n) is 8.04. The van der Waals surface area contributed by atoms with Gasteiger partial charge in [0.05, 0.1) is 0 Å². The van der Waals surface area contributed by atoms with Crippen LogP contribution in [-0.2, 0) is 19.1 Å². The predicted molar refractivity (Wildman–Crippen MR) is 91.3 cm³/mol. The standard InChI is InChI=1S/C17H22ClNO6.Na/c1-3-14(20)24-16(4-2)25-17(22)19-11-5-6-15(21)23-13-9-7-12(18)8-10-13;/h7-10,16H,3-6,11H2,1-2H3,(H,19,22);/q;+1. The van der Waals surface area contributed by atoms with Crippen molar-refractivity contribution in [3.05, 3.63) is 29.3 Å². The third kappa shape index (κ3) is 10.7. The van der Waals surface area contributed by atoms with E-state index >= 15 is 0 Å². The molecule has 1 unspecified atom stereocenters. The van der Waals surface area contributed by atoms with Gasteiger partial charge in [-0.25, -0.2) is 4.79 Å². The molecule has 1 aromatic carbocycles. The summed E-state index contributed by atoms with van der Waals surface area (Å²) < 4.78 is 15.0. The smallest absolute Gasteiger partial charge is 0.427 e. The van der Waals surface area contributed by atoms with Crippen LogP contribution in [0.1, 0.15) is 39.5 Å². The number of ether oxygens (including phenoxy) is 3. The van der Waals surface area contributed by atoms with Gasteiger partial charge in [-0.15, -0.1) is 0 Å². The summed E-state index contributed by atoms with van der Waals surface area (Å²) in [6.45, 7) is 3.61. The maximum absolute atomic E-state index is 11.7. The molecule has 1 rings (SSSR count). The largest absolute Gasteiger partial charge is 1.00 e. The average molecular weight is 395 g/mol. The molecule has 0 fully saturated rings. The van der Waals surface area contributed by atoms with Gasteiger partial charge in [-0.3, -0.25) is 9.59 Å². The number of rotatable bonds is 9. The quantitative estimate of drug-likeness (QED) is 0.215. The number of nitrogens with one attached hydrogen (secondary N) is 1. The fourth-order valence-corrected chi connectivity index (χ4v) is 1.82. The summed E-state index contributed by atoms with van der Waals surface area (Å²) in [4.78, 5) is 34.4. The van der Waals surface area contributed by atoms with E-state index in [0.717, 1.165) is 0 Å². The van der Waals surface area contributed by atoms with E-state index in [4.69, 9.17) is 25.8 Å². The first-order valence-corrected chi connectivity index (χ1v) is 8.42. The Hall–Kier alpha value is -1.28. The number of alkyl carbamates (subject to hydrolysis) is 1. The van der Waals surface area contributed by atoms with E-state index in [1.165, 1.54) is 0 Å². The van der Waals surface area contributed by atoms with Gasteiger partial charge in [0.25, 0.3) is 0 Å². The van der Waals surface area contributed by atoms with Crippen molar-refractivity contribution in [1.82, 2.24) is 5.32 Å². The van der Waals surface area contributed by atoms with Crippen molar-refractivity contribution in [2.45, 2.75) is 45.8 Å². The first-order chi connectivity index (χ1) is 11.9. The van der Waals surface area contributed by atoms with Crippen LogP contribution in [0.25, 0.3) is 0 Å². The van der Waals surface area contributed by atoms with Gasteiger partial charge in [0, 0.05) is 30.8 Å². The number of halogens is 1. The molecular weight excluding hydrogens is 373 g/mol. The molecule has 9 heteroatoms. The fraction of sp³-hybridized carbons (Fsp3) is 0.471. The average Bonchev–Trinajstić information content (AvgIpc) is 2.60. The molecule has 0 aliphatic carbocycles. The molecule has 7 nitrogen and oxygen atoms in total. The molecule has 138 valence electrons. The number of esters is 2. The monoisotopic (exact) mass is 394 g/mol. The van der Waals surface area contributed by atoms with Crippen LogP contribution < -0.4 is 39.6 Å². The number of hydrogen-bond acceptors (Lipinski definition) is 6. The van der Waals surface area contributed by atoms with Crippen LogP contribution in [-0.4, -0.2) is 30.9 Å². The Labute approximate surface area is 180 Å². The van der Waals surface area contributed by atoms with Crippen LogP contribution in [0, 0.1) is 0 Å². The van der Waals surface area contributed by atoms with Gasteiger partial charge >= 0.3 is 47.6 Å². The van der Waals surface area contributed by atoms with Crippen molar-refractivity contribution in [2.75, 3.05) is 6.54 Å². The molecule has 0 heterocycles. The Morgan fingerprint density at radius 1 is 1.08 bits per heavy atom. The van der Waals surface area contributed by atoms with Gasteiger partial charge in [0.2, 0.25) is 6.29 Å². The van der Waals surface area contributed by atoms with Crippen LogP contribution >= 0.6 is 11.6 Å². The van der Waals surface area contributed by atoms with Crippen molar-refractivity contribution >= 4 is 29.6 Å². The maximum Gasteiger partial charge on any atom is 1.00 e. The molecule has 0 bridgehead atoms. The summed E-state index contributed by atoms with van der Waals surface area (Å²) in [5, 5.41) is 3.04. The minimum absolute atomic E-state index is 0. The second-order valence-corrected chi connectivity index (χ2v) is 5.48. The minimum Gasteiger partial charge on any atom is -0.427 e. The predicted octanol–water partition coefficient (Wildman–Crippen LogP) is 0.445. The molecule has 0 radical (unpaired) electrons. The van der Waals surface area contributed by atoms with E-state index in [2.05, 4.69) is 5.32 Å². The Morgan fingerprint density at radius 3 is 2.31 bits per heavy atom. The van der Waals surface area contributed by atoms with Gasteiger partial charge in [0.15, 0.2) is 0 Å². The van der Waals surface area contributed by atoms with Crippen molar-refractivity contribution in [3.8, 4) is 5.75 Å². The van der Waals surface area contributed by atoms with Crippen LogP contribution in [0.2, 0.25) is 5.02 Å². The Kier molecular flexibility index (Phi) is 13.2. The fourth-order valence-electron chi connectivity index (χ4n) is 1.69. The summed E-state index contributed by atoms with van der Waals surface area (Å²) >= 11 is 5.74. The van der Waals surface area contributed by atoms with E-state index in [0.29, 0.717) is 23.6 Å². The third-order valence-corrected chi connectivity index (χ3v) is 3.25. The van der Waals surface area contributed by atoms with Gasteiger partial charge in [-0.05, 0) is 30.7 Å². The van der Waals surface area contributed by atoms with Gasteiger partial charge in [-0.2, -0.15) is 0 Å². The molecule has 1 aromatic rings. The zero-order valence-electron chi connectivity index (χ0n) is 15.2. The van der Waals surface area contributed by atoms with Crippen LogP contribution in [0.5, 0.6) is 5.75 Å². The van der Waals surface area contributed by atoms with Crippen molar-refractivity contribution < 1.29 is 58.2 Å². The third-order valence-electron chi connectivity index (χ3n) is 3.00. The molecule has 0 saturated heterocycles. The SMILES string of the molecule is CCC(=O)OC(CC)OC(=O)NCCCC(=O)Oc1ccc(Cl)cc1.[Na+]. The Balaban J connectivity index is 0.00000625. The van der Waals surface area contributed by atoms with E-state index in [1.807, 2.05) is 0 Å². The summed E-state index contributed by atoms with van der Waals surface area (Å²) in [5.41, 5.74) is 0. The number of amides is 1. The molecule has 0 aliphatic rings. The van der Waals surface area contributed by atoms with Gasteiger partial charge in [-0.1, -0.05) is 25.4 Å². The summed E-state index contributed by atoms with van der Waals surface area (Å²) in [5.74, 6) is -0.448. The van der Waals surface area contributed by atoms with E-state index in [9.17, 15) is 14.4 Å². The number of hydrogen-bond donors (Lipinski definition) is 1. The van der Waals surface area contributed by atoms with E-state index in [1.54, 1.807) is 38.1 Å². The molecule has 0 aromatic heterocycles. The van der Waals surface area contributed by atoms with E-state index in [-0.39, 0.29) is 48.9 Å². The number of carbonyl (C=O) groups is 3. The second-order valence-electron chi connectivity index (χ2n) is 5.04. The van der Waals surface area contributed by atoms with Gasteiger partial charge in [0.1, 0.15) is 5.75 Å². The Morgan fingerprint density at radius 2 is 1.73 bits per heavy atom. The van der Waals surface area contributed by atoms with Crippen molar-refractivity contribution in [3.63, 3.8) is 0 Å². The molecule has 1 N–H and O–H groups in total. The molecule has 0 saturated carbocycles. The number of carbonyl (C=O) groups excluding carboxylic acids is 3. The molecular formula is C17H22ClNNaO6+. The topological polar surface area (TPSA) is 90.9 Å². The number of benzene rings is 1. The van der Waals surface area contributed by atoms with Crippen molar-refractivity contribution in [1.29, 1.82) is 0 Å². The van der Waals surface area contributed by atoms with Gasteiger partial charge < -0.3 is 19.5 Å². The molecule has 26 heavy (non-hydrogen) atoms. The van der Waals surface area contributed by atoms with Crippen LogP contribution in [0.4, 0.5) is 4.79 Å². The van der Waals surface area contributed by atoms with Crippen LogP contribution in [0.15, 0.2) is 24.3 Å². The van der Waals surface area contributed by atoms with Crippen molar-refractivity contribution in [2.24, 2.45) is 0 Å². The zero-order valence-corrected chi connectivity index (χ0v) is 18.0. The van der Waals surface area contributed by atoms with Crippen LogP contribution in [0.3, 0.4) is 0 Å².